The van der Waals surface area contributed by atoms with Crippen LogP contribution in [0.2, 0.25) is 5.02 Å². The largest absolute Gasteiger partial charge is 0.487 e. The highest BCUT2D eigenvalue weighted by atomic mass is 35.5. The van der Waals surface area contributed by atoms with Gasteiger partial charge in [-0.25, -0.2) is 0 Å². The Morgan fingerprint density at radius 1 is 1.10 bits per heavy atom. The van der Waals surface area contributed by atoms with E-state index in [1.165, 1.54) is 16.7 Å². The molecule has 0 aromatic heterocycles. The fourth-order valence-corrected chi connectivity index (χ4v) is 2.98. The third-order valence-electron chi connectivity index (χ3n) is 3.67. The van der Waals surface area contributed by atoms with E-state index in [0.717, 1.165) is 30.3 Å². The van der Waals surface area contributed by atoms with Crippen molar-refractivity contribution in [2.75, 3.05) is 0 Å². The van der Waals surface area contributed by atoms with E-state index in [-0.39, 0.29) is 5.60 Å². The quantitative estimate of drug-likeness (QED) is 0.907. The molecule has 2 aromatic carbocycles. The number of nitrogens with one attached hydrogen (secondary N) is 1. The van der Waals surface area contributed by atoms with E-state index in [2.05, 4.69) is 43.4 Å². The Bertz CT molecular complexity index is 651. The summed E-state index contributed by atoms with van der Waals surface area (Å²) < 4.78 is 5.90. The van der Waals surface area contributed by atoms with E-state index in [1.807, 2.05) is 18.2 Å². The molecule has 110 valence electrons. The molecule has 3 heteroatoms. The zero-order valence-electron chi connectivity index (χ0n) is 12.4. The highest BCUT2D eigenvalue weighted by Gasteiger charge is 2.29. The van der Waals surface area contributed by atoms with Crippen LogP contribution in [0.5, 0.6) is 5.75 Å². The van der Waals surface area contributed by atoms with Crippen LogP contribution >= 0.6 is 11.6 Å². The minimum atomic E-state index is -0.0742. The van der Waals surface area contributed by atoms with Gasteiger partial charge in [0.25, 0.3) is 0 Å². The average molecular weight is 302 g/mol. The van der Waals surface area contributed by atoms with Crippen molar-refractivity contribution in [3.8, 4) is 5.75 Å². The van der Waals surface area contributed by atoms with Gasteiger partial charge in [-0.2, -0.15) is 0 Å². The molecule has 0 amide bonds. The standard InChI is InChI=1S/C18H20ClNO/c1-18(2)10-15-8-14(6-7-17(15)21-18)12-20-11-13-4-3-5-16(19)9-13/h3-9,20H,10-12H2,1-2H3. The molecular formula is C18H20ClNO. The Morgan fingerprint density at radius 2 is 1.86 bits per heavy atom. The molecule has 1 aliphatic heterocycles. The number of benzene rings is 2. The molecule has 0 unspecified atom stereocenters. The second-order valence-corrected chi connectivity index (χ2v) is 6.65. The molecule has 21 heavy (non-hydrogen) atoms. The van der Waals surface area contributed by atoms with Crippen LogP contribution in [0.3, 0.4) is 0 Å². The van der Waals surface area contributed by atoms with Crippen molar-refractivity contribution in [1.82, 2.24) is 5.32 Å². The molecule has 1 heterocycles. The first-order valence-corrected chi connectivity index (χ1v) is 7.66. The van der Waals surface area contributed by atoms with Crippen LogP contribution in [0.15, 0.2) is 42.5 Å². The molecule has 0 spiro atoms. The third-order valence-corrected chi connectivity index (χ3v) is 3.91. The van der Waals surface area contributed by atoms with Gasteiger partial charge in [-0.3, -0.25) is 0 Å². The summed E-state index contributed by atoms with van der Waals surface area (Å²) in [5.41, 5.74) is 3.72. The summed E-state index contributed by atoms with van der Waals surface area (Å²) in [5, 5.41) is 4.24. The lowest BCUT2D eigenvalue weighted by atomic mass is 10.0. The molecule has 0 saturated carbocycles. The zero-order chi connectivity index (χ0) is 14.9. The Kier molecular flexibility index (Phi) is 3.92. The summed E-state index contributed by atoms with van der Waals surface area (Å²) in [4.78, 5) is 0. The first-order chi connectivity index (χ1) is 10.0. The SMILES string of the molecule is CC1(C)Cc2cc(CNCc3cccc(Cl)c3)ccc2O1. The molecule has 0 atom stereocenters. The number of fused-ring (bicyclic) bond motifs is 1. The maximum Gasteiger partial charge on any atom is 0.123 e. The molecule has 1 aliphatic rings. The fourth-order valence-electron chi connectivity index (χ4n) is 2.77. The Hall–Kier alpha value is -1.51. The van der Waals surface area contributed by atoms with Gasteiger partial charge in [-0.1, -0.05) is 35.9 Å². The predicted molar refractivity (Wildman–Crippen MR) is 86.8 cm³/mol. The van der Waals surface area contributed by atoms with E-state index in [0.29, 0.717) is 0 Å². The fraction of sp³-hybridized carbons (Fsp3) is 0.333. The Labute approximate surface area is 131 Å². The van der Waals surface area contributed by atoms with Gasteiger partial charge in [0.1, 0.15) is 11.4 Å². The second kappa shape index (κ2) is 5.70. The van der Waals surface area contributed by atoms with Crippen molar-refractivity contribution in [2.45, 2.75) is 39.0 Å². The lowest BCUT2D eigenvalue weighted by Gasteiger charge is -2.16. The van der Waals surface area contributed by atoms with Crippen molar-refractivity contribution in [3.63, 3.8) is 0 Å². The predicted octanol–water partition coefficient (Wildman–Crippen LogP) is 4.34. The van der Waals surface area contributed by atoms with Crippen molar-refractivity contribution < 1.29 is 4.74 Å². The van der Waals surface area contributed by atoms with Crippen LogP contribution in [0.25, 0.3) is 0 Å². The van der Waals surface area contributed by atoms with Crippen molar-refractivity contribution in [3.05, 3.63) is 64.2 Å². The summed E-state index contributed by atoms with van der Waals surface area (Å²) in [6.07, 6.45) is 0.977. The first kappa shape index (κ1) is 14.4. The van der Waals surface area contributed by atoms with E-state index >= 15 is 0 Å². The van der Waals surface area contributed by atoms with Gasteiger partial charge < -0.3 is 10.1 Å². The second-order valence-electron chi connectivity index (χ2n) is 6.21. The molecule has 3 rings (SSSR count). The van der Waals surface area contributed by atoms with Crippen molar-refractivity contribution >= 4 is 11.6 Å². The summed E-state index contributed by atoms with van der Waals surface area (Å²) in [7, 11) is 0. The minimum Gasteiger partial charge on any atom is -0.487 e. The van der Waals surface area contributed by atoms with E-state index in [1.54, 1.807) is 0 Å². The molecule has 0 radical (unpaired) electrons. The molecule has 0 fully saturated rings. The van der Waals surface area contributed by atoms with Crippen LogP contribution in [-0.4, -0.2) is 5.60 Å². The summed E-state index contributed by atoms with van der Waals surface area (Å²) in [6.45, 7) is 5.92. The molecule has 2 aromatic rings. The van der Waals surface area contributed by atoms with Crippen LogP contribution in [-0.2, 0) is 19.5 Å². The van der Waals surface area contributed by atoms with Gasteiger partial charge in [0.2, 0.25) is 0 Å². The van der Waals surface area contributed by atoms with Crippen LogP contribution < -0.4 is 10.1 Å². The topological polar surface area (TPSA) is 21.3 Å². The molecule has 0 bridgehead atoms. The number of halogens is 1. The number of hydrogen-bond acceptors (Lipinski definition) is 2. The van der Waals surface area contributed by atoms with Gasteiger partial charge in [-0.15, -0.1) is 0 Å². The van der Waals surface area contributed by atoms with Crippen LogP contribution in [0, 0.1) is 0 Å². The maximum atomic E-state index is 5.99. The zero-order valence-corrected chi connectivity index (χ0v) is 13.2. The van der Waals surface area contributed by atoms with E-state index in [9.17, 15) is 0 Å². The van der Waals surface area contributed by atoms with E-state index in [4.69, 9.17) is 16.3 Å². The maximum absolute atomic E-state index is 5.99. The highest BCUT2D eigenvalue weighted by molar-refractivity contribution is 6.30. The molecular weight excluding hydrogens is 282 g/mol. The smallest absolute Gasteiger partial charge is 0.123 e. The Balaban J connectivity index is 1.60. The molecule has 2 nitrogen and oxygen atoms in total. The Morgan fingerprint density at radius 3 is 2.62 bits per heavy atom. The average Bonchev–Trinajstić information content (AvgIpc) is 2.72. The van der Waals surface area contributed by atoms with Gasteiger partial charge in [-0.05, 0) is 48.7 Å². The van der Waals surface area contributed by atoms with Gasteiger partial charge in [0.05, 0.1) is 0 Å². The lowest BCUT2D eigenvalue weighted by molar-refractivity contribution is 0.138. The monoisotopic (exact) mass is 301 g/mol. The van der Waals surface area contributed by atoms with Gasteiger partial charge >= 0.3 is 0 Å². The number of rotatable bonds is 4. The lowest BCUT2D eigenvalue weighted by Crippen LogP contribution is -2.24. The van der Waals surface area contributed by atoms with Gasteiger partial charge in [0.15, 0.2) is 0 Å². The molecule has 1 N–H and O–H groups in total. The van der Waals surface area contributed by atoms with Gasteiger partial charge in [0, 0.05) is 24.5 Å². The summed E-state index contributed by atoms with van der Waals surface area (Å²) >= 11 is 5.99. The molecule has 0 aliphatic carbocycles. The molecule has 0 saturated heterocycles. The van der Waals surface area contributed by atoms with E-state index < -0.39 is 0 Å². The normalized spacial score (nSPS) is 15.6. The summed E-state index contributed by atoms with van der Waals surface area (Å²) in [5.74, 6) is 1.03. The number of ether oxygens (including phenoxy) is 1. The van der Waals surface area contributed by atoms with Crippen molar-refractivity contribution in [1.29, 1.82) is 0 Å². The minimum absolute atomic E-state index is 0.0742. The first-order valence-electron chi connectivity index (χ1n) is 7.28. The summed E-state index contributed by atoms with van der Waals surface area (Å²) in [6, 6.07) is 14.4. The highest BCUT2D eigenvalue weighted by Crippen LogP contribution is 2.35. The number of hydrogen-bond donors (Lipinski definition) is 1. The van der Waals surface area contributed by atoms with Crippen LogP contribution in [0.4, 0.5) is 0 Å². The van der Waals surface area contributed by atoms with Crippen molar-refractivity contribution in [2.24, 2.45) is 0 Å². The third kappa shape index (κ3) is 3.58. The van der Waals surface area contributed by atoms with Crippen LogP contribution in [0.1, 0.15) is 30.5 Å².